The summed E-state index contributed by atoms with van der Waals surface area (Å²) in [7, 11) is -2.10. The first-order valence-corrected chi connectivity index (χ1v) is 12.7. The van der Waals surface area contributed by atoms with E-state index in [0.717, 1.165) is 56.1 Å². The third kappa shape index (κ3) is 8.00. The summed E-state index contributed by atoms with van der Waals surface area (Å²) in [5.74, 6) is -0.157. The molecule has 10 heteroatoms. The predicted octanol–water partition coefficient (Wildman–Crippen LogP) is 0.439. The van der Waals surface area contributed by atoms with E-state index in [1.54, 1.807) is 0 Å². The van der Waals surface area contributed by atoms with Crippen molar-refractivity contribution in [2.75, 3.05) is 72.4 Å². The smallest absolute Gasteiger partial charge is 0.372 e. The van der Waals surface area contributed by atoms with Crippen LogP contribution < -0.4 is 0 Å². The first-order valence-electron chi connectivity index (χ1n) is 9.11. The van der Waals surface area contributed by atoms with E-state index in [9.17, 15) is 8.42 Å². The van der Waals surface area contributed by atoms with Crippen LogP contribution in [0.4, 0.5) is 0 Å². The van der Waals surface area contributed by atoms with E-state index in [2.05, 4.69) is 19.0 Å². The zero-order valence-corrected chi connectivity index (χ0v) is 17.3. The molecule has 3 rings (SSSR count). The van der Waals surface area contributed by atoms with E-state index in [4.69, 9.17) is 17.8 Å². The van der Waals surface area contributed by atoms with Crippen LogP contribution in [0.5, 0.6) is 0 Å². The Bertz CT molecular complexity index is 490. The van der Waals surface area contributed by atoms with Gasteiger partial charge in [-0.3, -0.25) is 9.45 Å². The van der Waals surface area contributed by atoms with Crippen LogP contribution in [0.15, 0.2) is 0 Å². The van der Waals surface area contributed by atoms with E-state index in [-0.39, 0.29) is 5.75 Å². The highest BCUT2D eigenvalue weighted by Crippen LogP contribution is 2.22. The van der Waals surface area contributed by atoms with E-state index in [0.29, 0.717) is 26.2 Å². The molecule has 3 aliphatic heterocycles. The molecule has 2 bridgehead atoms. The SMILES string of the molecule is C[N+](C)(CCCCS(=O)(=O)O)CCC[Si]12OCCN(CCO1)CCO2. The van der Waals surface area contributed by atoms with Gasteiger partial charge in [-0.1, -0.05) is 0 Å². The Hall–Kier alpha value is -0.0731. The van der Waals surface area contributed by atoms with Crippen molar-refractivity contribution >= 4 is 18.9 Å². The van der Waals surface area contributed by atoms with Gasteiger partial charge in [-0.25, -0.2) is 0 Å². The molecular weight excluding hydrogens is 364 g/mol. The lowest BCUT2D eigenvalue weighted by atomic mass is 10.3. The van der Waals surface area contributed by atoms with Gasteiger partial charge in [0.25, 0.3) is 10.1 Å². The zero-order valence-electron chi connectivity index (χ0n) is 15.5. The molecule has 0 unspecified atom stereocenters. The molecule has 0 amide bonds. The molecule has 0 aromatic heterocycles. The molecule has 0 spiro atoms. The number of fused-ring (bicyclic) bond motifs is 6. The van der Waals surface area contributed by atoms with Crippen LogP contribution in [0.2, 0.25) is 6.04 Å². The maximum atomic E-state index is 10.8. The highest BCUT2D eigenvalue weighted by Gasteiger charge is 2.43. The summed E-state index contributed by atoms with van der Waals surface area (Å²) in [5.41, 5.74) is 0. The Morgan fingerprint density at radius 1 is 0.960 bits per heavy atom. The highest BCUT2D eigenvalue weighted by molar-refractivity contribution is 7.85. The van der Waals surface area contributed by atoms with Gasteiger partial charge in [0.2, 0.25) is 0 Å². The standard InChI is InChI=1S/C15H32N2O6SSi/c1-17(2,9-3-4-14-24(18,19)20)10-5-15-25-21-11-6-16(7-12-22-25)8-13-23-25/h3-15H2,1-2H3/p+1. The Labute approximate surface area is 152 Å². The van der Waals surface area contributed by atoms with Gasteiger partial charge in [-0.15, -0.1) is 0 Å². The fourth-order valence-corrected chi connectivity index (χ4v) is 6.38. The number of unbranched alkanes of at least 4 members (excludes halogenated alkanes) is 1. The molecule has 3 saturated heterocycles. The Morgan fingerprint density at radius 2 is 1.48 bits per heavy atom. The first kappa shape index (κ1) is 21.2. The van der Waals surface area contributed by atoms with Gasteiger partial charge in [-0.05, 0) is 12.8 Å². The molecule has 0 saturated carbocycles. The summed E-state index contributed by atoms with van der Waals surface area (Å²) < 4.78 is 49.3. The second-order valence-corrected chi connectivity index (χ2v) is 11.9. The summed E-state index contributed by atoms with van der Waals surface area (Å²) in [6.07, 6.45) is 2.22. The minimum Gasteiger partial charge on any atom is -0.372 e. The normalized spacial score (nSPS) is 28.4. The molecule has 0 radical (unpaired) electrons. The Morgan fingerprint density at radius 3 is 2.00 bits per heavy atom. The molecule has 0 aromatic rings. The third-order valence-electron chi connectivity index (χ3n) is 4.85. The second kappa shape index (κ2) is 9.22. The number of rotatable bonds is 9. The van der Waals surface area contributed by atoms with Crippen molar-refractivity contribution < 1.29 is 30.7 Å². The largest absolute Gasteiger partial charge is 0.501 e. The summed E-state index contributed by atoms with van der Waals surface area (Å²) >= 11 is 0. The van der Waals surface area contributed by atoms with Crippen molar-refractivity contribution in [2.45, 2.75) is 25.3 Å². The quantitative estimate of drug-likeness (QED) is 0.261. The average molecular weight is 398 g/mol. The van der Waals surface area contributed by atoms with Crippen LogP contribution in [0, 0.1) is 0 Å². The van der Waals surface area contributed by atoms with Crippen molar-refractivity contribution in [3.8, 4) is 0 Å². The van der Waals surface area contributed by atoms with Gasteiger partial charge in [0.1, 0.15) is 0 Å². The lowest BCUT2D eigenvalue weighted by Crippen LogP contribution is -2.55. The second-order valence-electron chi connectivity index (χ2n) is 7.55. The number of nitrogens with zero attached hydrogens (tertiary/aromatic N) is 2. The van der Waals surface area contributed by atoms with Gasteiger partial charge in [-0.2, -0.15) is 8.42 Å². The third-order valence-corrected chi connectivity index (χ3v) is 8.55. The lowest BCUT2D eigenvalue weighted by molar-refractivity contribution is -0.890. The van der Waals surface area contributed by atoms with Crippen LogP contribution in [-0.4, -0.2) is 104 Å². The molecule has 1 N–H and O–H groups in total. The summed E-state index contributed by atoms with van der Waals surface area (Å²) in [4.78, 5) is 2.31. The first-order chi connectivity index (χ1) is 11.7. The molecule has 148 valence electrons. The van der Waals surface area contributed by atoms with E-state index in [1.165, 1.54) is 0 Å². The fourth-order valence-electron chi connectivity index (χ4n) is 3.33. The minimum atomic E-state index is -3.84. The summed E-state index contributed by atoms with van der Waals surface area (Å²) in [5, 5.41) is 0. The van der Waals surface area contributed by atoms with Crippen LogP contribution in [0.25, 0.3) is 0 Å². The summed E-state index contributed by atoms with van der Waals surface area (Å²) in [6.45, 7) is 6.75. The zero-order chi connectivity index (χ0) is 18.4. The molecule has 8 nitrogen and oxygen atoms in total. The van der Waals surface area contributed by atoms with Crippen molar-refractivity contribution in [3.05, 3.63) is 0 Å². The fraction of sp³-hybridized carbons (Fsp3) is 1.00. The molecule has 3 aliphatic rings. The highest BCUT2D eigenvalue weighted by atomic mass is 32.2. The van der Waals surface area contributed by atoms with Gasteiger partial charge in [0.05, 0.1) is 52.8 Å². The molecule has 0 aliphatic carbocycles. The predicted molar refractivity (Wildman–Crippen MR) is 97.0 cm³/mol. The van der Waals surface area contributed by atoms with Crippen molar-refractivity contribution in [1.29, 1.82) is 0 Å². The maximum absolute atomic E-state index is 10.8. The number of hydrogen-bond donors (Lipinski definition) is 1. The van der Waals surface area contributed by atoms with E-state index < -0.39 is 18.9 Å². The lowest BCUT2D eigenvalue weighted by Gasteiger charge is -2.38. The van der Waals surface area contributed by atoms with Crippen LogP contribution in [0.3, 0.4) is 0 Å². The van der Waals surface area contributed by atoms with Crippen molar-refractivity contribution in [2.24, 2.45) is 0 Å². The minimum absolute atomic E-state index is 0.157. The maximum Gasteiger partial charge on any atom is 0.501 e. The Balaban J connectivity index is 1.73. The molecule has 0 aromatic carbocycles. The van der Waals surface area contributed by atoms with E-state index in [1.807, 2.05) is 0 Å². The average Bonchev–Trinajstić information content (AvgIpc) is 2.43. The topological polar surface area (TPSA) is 85.3 Å². The number of quaternary nitrogens is 1. The molecule has 0 atom stereocenters. The van der Waals surface area contributed by atoms with Gasteiger partial charge < -0.3 is 17.8 Å². The van der Waals surface area contributed by atoms with Crippen LogP contribution >= 0.6 is 0 Å². The van der Waals surface area contributed by atoms with Gasteiger partial charge >= 0.3 is 8.80 Å². The van der Waals surface area contributed by atoms with Gasteiger partial charge in [0, 0.05) is 32.1 Å². The summed E-state index contributed by atoms with van der Waals surface area (Å²) in [6, 6.07) is 0.833. The van der Waals surface area contributed by atoms with Crippen molar-refractivity contribution in [3.63, 3.8) is 0 Å². The molecular formula is C15H33N2O6SSi+. The molecule has 3 heterocycles. The monoisotopic (exact) mass is 397 g/mol. The van der Waals surface area contributed by atoms with E-state index >= 15 is 0 Å². The van der Waals surface area contributed by atoms with Gasteiger partial charge in [0.15, 0.2) is 0 Å². The van der Waals surface area contributed by atoms with Crippen LogP contribution in [0.1, 0.15) is 19.3 Å². The Kier molecular flexibility index (Phi) is 7.83. The molecule has 25 heavy (non-hydrogen) atoms. The number of hydrogen-bond acceptors (Lipinski definition) is 6. The molecule has 3 fully saturated rings. The van der Waals surface area contributed by atoms with Crippen molar-refractivity contribution in [1.82, 2.24) is 4.90 Å². The van der Waals surface area contributed by atoms with Crippen LogP contribution in [-0.2, 0) is 23.4 Å².